The molecule has 0 atom stereocenters. The summed E-state index contributed by atoms with van der Waals surface area (Å²) in [4.78, 5) is 0. The zero-order chi connectivity index (χ0) is 19.3. The fraction of sp³-hybridized carbons (Fsp3) is 0.0500. The number of nitrogens with zero attached hydrogens (tertiary/aromatic N) is 6. The number of rotatable bonds is 5. The van der Waals surface area contributed by atoms with Crippen molar-refractivity contribution in [2.24, 2.45) is 0 Å². The van der Waals surface area contributed by atoms with Gasteiger partial charge in [0.05, 0.1) is 0 Å². The first-order valence-corrected chi connectivity index (χ1v) is 9.58. The smallest absolute Gasteiger partial charge is 0.202 e. The summed E-state index contributed by atoms with van der Waals surface area (Å²) >= 11 is 7.39. The highest BCUT2D eigenvalue weighted by Crippen LogP contribution is 2.28. The second-order valence-corrected chi connectivity index (χ2v) is 7.27. The molecular formula is C20H13ClN6S. The molecule has 2 aromatic carbocycles. The number of halogens is 1. The molecule has 8 heteroatoms. The molecule has 0 aliphatic heterocycles. The second kappa shape index (κ2) is 8.21. The first-order chi connectivity index (χ1) is 13.7. The molecule has 0 aliphatic carbocycles. The molecule has 136 valence electrons. The summed E-state index contributed by atoms with van der Waals surface area (Å²) in [7, 11) is 0. The normalized spacial score (nSPS) is 10.6. The van der Waals surface area contributed by atoms with Crippen molar-refractivity contribution in [3.8, 4) is 11.8 Å². The van der Waals surface area contributed by atoms with Gasteiger partial charge in [0.2, 0.25) is 5.16 Å². The molecule has 0 unspecified atom stereocenters. The highest BCUT2D eigenvalue weighted by atomic mass is 35.5. The minimum Gasteiger partial charge on any atom is -0.273 e. The lowest BCUT2D eigenvalue weighted by atomic mass is 10.1. The van der Waals surface area contributed by atoms with Gasteiger partial charge in [-0.25, -0.2) is 0 Å². The third-order valence-corrected chi connectivity index (χ3v) is 5.07. The van der Waals surface area contributed by atoms with Crippen molar-refractivity contribution in [3.05, 3.63) is 88.8 Å². The molecule has 0 N–H and O–H groups in total. The van der Waals surface area contributed by atoms with Gasteiger partial charge in [-0.1, -0.05) is 41.9 Å². The predicted octanol–water partition coefficient (Wildman–Crippen LogP) is 4.32. The van der Waals surface area contributed by atoms with Gasteiger partial charge in [-0.15, -0.1) is 20.4 Å². The van der Waals surface area contributed by atoms with Crippen LogP contribution in [0.1, 0.15) is 17.1 Å². The van der Waals surface area contributed by atoms with E-state index in [-0.39, 0.29) is 5.69 Å². The van der Waals surface area contributed by atoms with E-state index in [0.29, 0.717) is 21.6 Å². The van der Waals surface area contributed by atoms with E-state index in [4.69, 9.17) is 16.9 Å². The molecule has 0 amide bonds. The first-order valence-electron chi connectivity index (χ1n) is 8.39. The van der Waals surface area contributed by atoms with E-state index in [1.54, 1.807) is 12.1 Å². The maximum atomic E-state index is 8.88. The van der Waals surface area contributed by atoms with Crippen molar-refractivity contribution in [2.45, 2.75) is 16.6 Å². The van der Waals surface area contributed by atoms with Crippen LogP contribution in [-0.4, -0.2) is 25.0 Å². The molecular weight excluding hydrogens is 392 g/mol. The van der Waals surface area contributed by atoms with E-state index in [9.17, 15) is 0 Å². The quantitative estimate of drug-likeness (QED) is 0.492. The van der Waals surface area contributed by atoms with E-state index in [1.165, 1.54) is 11.8 Å². The summed E-state index contributed by atoms with van der Waals surface area (Å²) in [6, 6.07) is 22.9. The third-order valence-electron chi connectivity index (χ3n) is 3.94. The van der Waals surface area contributed by atoms with Gasteiger partial charge >= 0.3 is 0 Å². The highest BCUT2D eigenvalue weighted by Gasteiger charge is 2.16. The van der Waals surface area contributed by atoms with Crippen molar-refractivity contribution in [1.29, 1.82) is 5.26 Å². The Balaban J connectivity index is 1.72. The Hall–Kier alpha value is -3.21. The van der Waals surface area contributed by atoms with E-state index >= 15 is 0 Å². The Bertz CT molecular complexity index is 1120. The van der Waals surface area contributed by atoms with Crippen LogP contribution in [0.15, 0.2) is 76.9 Å². The van der Waals surface area contributed by atoms with Gasteiger partial charge in [-0.05, 0) is 53.7 Å². The summed E-state index contributed by atoms with van der Waals surface area (Å²) in [5.41, 5.74) is 2.32. The lowest BCUT2D eigenvalue weighted by molar-refractivity contribution is 0.840. The molecule has 2 heterocycles. The summed E-state index contributed by atoms with van der Waals surface area (Å²) in [6.45, 7) is 0. The molecule has 0 radical (unpaired) electrons. The number of benzene rings is 2. The Morgan fingerprint density at radius 2 is 1.68 bits per heavy atom. The van der Waals surface area contributed by atoms with Crippen LogP contribution < -0.4 is 0 Å². The summed E-state index contributed by atoms with van der Waals surface area (Å²) in [6.07, 6.45) is 0.635. The molecule has 0 bridgehead atoms. The number of nitriles is 1. The minimum atomic E-state index is 0.272. The fourth-order valence-electron chi connectivity index (χ4n) is 2.64. The van der Waals surface area contributed by atoms with E-state index < -0.39 is 0 Å². The van der Waals surface area contributed by atoms with Gasteiger partial charge in [0, 0.05) is 17.1 Å². The SMILES string of the molecule is N#Cc1ccc(Sc2nnc(Cc3ccccc3)n2-c2ccc(Cl)cc2)nn1. The zero-order valence-electron chi connectivity index (χ0n) is 14.5. The molecule has 0 fully saturated rings. The molecule has 4 aromatic rings. The van der Waals surface area contributed by atoms with Crippen molar-refractivity contribution in [3.63, 3.8) is 0 Å². The van der Waals surface area contributed by atoms with Crippen LogP contribution in [0.2, 0.25) is 5.02 Å². The van der Waals surface area contributed by atoms with Crippen molar-refractivity contribution >= 4 is 23.4 Å². The molecule has 0 spiro atoms. The maximum absolute atomic E-state index is 8.88. The van der Waals surface area contributed by atoms with E-state index in [1.807, 2.05) is 53.1 Å². The predicted molar refractivity (Wildman–Crippen MR) is 106 cm³/mol. The molecule has 4 rings (SSSR count). The second-order valence-electron chi connectivity index (χ2n) is 5.84. The summed E-state index contributed by atoms with van der Waals surface area (Å²) in [5, 5.41) is 27.5. The minimum absolute atomic E-state index is 0.272. The van der Waals surface area contributed by atoms with Crippen molar-refractivity contribution < 1.29 is 0 Å². The van der Waals surface area contributed by atoms with Gasteiger partial charge < -0.3 is 0 Å². The molecule has 0 saturated heterocycles. The Morgan fingerprint density at radius 3 is 2.36 bits per heavy atom. The highest BCUT2D eigenvalue weighted by molar-refractivity contribution is 7.99. The molecule has 6 nitrogen and oxygen atoms in total. The Kier molecular flexibility index (Phi) is 5.33. The van der Waals surface area contributed by atoms with Gasteiger partial charge in [0.15, 0.2) is 5.69 Å². The average molecular weight is 405 g/mol. The van der Waals surface area contributed by atoms with Crippen LogP contribution in [0.25, 0.3) is 5.69 Å². The van der Waals surface area contributed by atoms with Gasteiger partial charge in [-0.3, -0.25) is 4.57 Å². The molecule has 2 aromatic heterocycles. The Morgan fingerprint density at radius 1 is 0.893 bits per heavy atom. The molecule has 28 heavy (non-hydrogen) atoms. The molecule has 0 aliphatic rings. The summed E-state index contributed by atoms with van der Waals surface area (Å²) < 4.78 is 1.98. The maximum Gasteiger partial charge on any atom is 0.202 e. The van der Waals surface area contributed by atoms with E-state index in [2.05, 4.69) is 32.5 Å². The number of hydrogen-bond acceptors (Lipinski definition) is 6. The number of hydrogen-bond donors (Lipinski definition) is 0. The molecule has 0 saturated carbocycles. The lowest BCUT2D eigenvalue weighted by Crippen LogP contribution is -2.04. The lowest BCUT2D eigenvalue weighted by Gasteiger charge is -2.10. The monoisotopic (exact) mass is 404 g/mol. The summed E-state index contributed by atoms with van der Waals surface area (Å²) in [5.74, 6) is 0.803. The third kappa shape index (κ3) is 4.03. The van der Waals surface area contributed by atoms with Crippen molar-refractivity contribution in [2.75, 3.05) is 0 Å². The van der Waals surface area contributed by atoms with Gasteiger partial charge in [0.25, 0.3) is 0 Å². The number of aromatic nitrogens is 5. The van der Waals surface area contributed by atoms with Crippen LogP contribution in [0.5, 0.6) is 0 Å². The van der Waals surface area contributed by atoms with Crippen molar-refractivity contribution in [1.82, 2.24) is 25.0 Å². The van der Waals surface area contributed by atoms with Gasteiger partial charge in [0.1, 0.15) is 16.9 Å². The van der Waals surface area contributed by atoms with Crippen LogP contribution in [0.3, 0.4) is 0 Å². The Labute approximate surface area is 170 Å². The van der Waals surface area contributed by atoms with Crippen LogP contribution in [-0.2, 0) is 6.42 Å². The standard InChI is InChI=1S/C20H13ClN6S/c21-15-6-9-17(10-7-15)27-18(12-14-4-2-1-3-5-14)24-26-20(27)28-19-11-8-16(13-22)23-25-19/h1-11H,12H2. The largest absolute Gasteiger partial charge is 0.273 e. The fourth-order valence-corrected chi connectivity index (χ4v) is 3.55. The topological polar surface area (TPSA) is 80.3 Å². The van der Waals surface area contributed by atoms with Crippen LogP contribution in [0, 0.1) is 11.3 Å². The van der Waals surface area contributed by atoms with Crippen LogP contribution in [0.4, 0.5) is 0 Å². The van der Waals surface area contributed by atoms with E-state index in [0.717, 1.165) is 17.1 Å². The van der Waals surface area contributed by atoms with Crippen LogP contribution >= 0.6 is 23.4 Å². The first kappa shape index (κ1) is 18.2. The van der Waals surface area contributed by atoms with Gasteiger partial charge in [-0.2, -0.15) is 5.26 Å². The average Bonchev–Trinajstić information content (AvgIpc) is 3.12. The zero-order valence-corrected chi connectivity index (χ0v) is 16.1.